The first-order valence-electron chi connectivity index (χ1n) is 5.71. The first-order chi connectivity index (χ1) is 9.04. The monoisotopic (exact) mass is 297 g/mol. The van der Waals surface area contributed by atoms with Gasteiger partial charge < -0.3 is 5.73 Å². The van der Waals surface area contributed by atoms with Gasteiger partial charge in [0.1, 0.15) is 4.90 Å². The lowest BCUT2D eigenvalue weighted by atomic mass is 10.3. The maximum atomic E-state index is 12.3. The van der Waals surface area contributed by atoms with E-state index in [1.54, 1.807) is 30.6 Å². The molecule has 2 rings (SSSR count). The number of hydrogen-bond donors (Lipinski definition) is 2. The van der Waals surface area contributed by atoms with Gasteiger partial charge in [-0.05, 0) is 30.0 Å². The molecule has 102 valence electrons. The predicted octanol–water partition coefficient (Wildman–Crippen LogP) is 1.39. The topological polar surface area (TPSA) is 85.1 Å². The van der Waals surface area contributed by atoms with Crippen LogP contribution in [0.1, 0.15) is 16.1 Å². The molecule has 0 radical (unpaired) electrons. The molecule has 0 aliphatic carbocycles. The molecule has 19 heavy (non-hydrogen) atoms. The molecule has 0 saturated heterocycles. The van der Waals surface area contributed by atoms with E-state index in [4.69, 9.17) is 5.73 Å². The first kappa shape index (κ1) is 14.1. The van der Waals surface area contributed by atoms with Crippen LogP contribution in [0, 0.1) is 6.92 Å². The van der Waals surface area contributed by atoms with Crippen LogP contribution in [0.4, 0.5) is 0 Å². The number of pyridine rings is 1. The van der Waals surface area contributed by atoms with Crippen molar-refractivity contribution in [1.29, 1.82) is 0 Å². The van der Waals surface area contributed by atoms with Gasteiger partial charge in [0.25, 0.3) is 0 Å². The number of hydrogen-bond acceptors (Lipinski definition) is 5. The Balaban J connectivity index is 2.21. The van der Waals surface area contributed by atoms with Crippen molar-refractivity contribution >= 4 is 21.4 Å². The van der Waals surface area contributed by atoms with Gasteiger partial charge in [0, 0.05) is 17.6 Å². The minimum absolute atomic E-state index is 0.169. The summed E-state index contributed by atoms with van der Waals surface area (Å²) in [5.74, 6) is 0. The van der Waals surface area contributed by atoms with Gasteiger partial charge in [-0.1, -0.05) is 6.07 Å². The molecule has 7 heteroatoms. The lowest BCUT2D eigenvalue weighted by molar-refractivity contribution is 0.579. The predicted molar refractivity (Wildman–Crippen MR) is 75.2 cm³/mol. The molecule has 0 spiro atoms. The average Bonchev–Trinajstić information content (AvgIpc) is 2.80. The lowest BCUT2D eigenvalue weighted by Crippen LogP contribution is -2.25. The van der Waals surface area contributed by atoms with E-state index in [1.165, 1.54) is 11.3 Å². The molecule has 2 aromatic heterocycles. The molecule has 2 heterocycles. The van der Waals surface area contributed by atoms with E-state index in [1.807, 2.05) is 6.07 Å². The van der Waals surface area contributed by atoms with Crippen molar-refractivity contribution in [2.75, 3.05) is 0 Å². The van der Waals surface area contributed by atoms with Gasteiger partial charge in [-0.2, -0.15) is 0 Å². The van der Waals surface area contributed by atoms with Crippen molar-refractivity contribution < 1.29 is 8.42 Å². The van der Waals surface area contributed by atoms with Crippen molar-refractivity contribution in [2.45, 2.75) is 24.9 Å². The number of nitrogens with two attached hydrogens (primary N) is 1. The molecule has 0 aromatic carbocycles. The molecule has 0 saturated carbocycles. The molecule has 2 aromatic rings. The van der Waals surface area contributed by atoms with Crippen LogP contribution in [0.5, 0.6) is 0 Å². The van der Waals surface area contributed by atoms with E-state index < -0.39 is 10.0 Å². The fourth-order valence-electron chi connectivity index (χ4n) is 1.73. The molecular weight excluding hydrogens is 282 g/mol. The van der Waals surface area contributed by atoms with Gasteiger partial charge in [0.05, 0.1) is 12.2 Å². The molecule has 0 fully saturated rings. The van der Waals surface area contributed by atoms with E-state index in [-0.39, 0.29) is 13.1 Å². The second-order valence-corrected chi connectivity index (χ2v) is 6.69. The third kappa shape index (κ3) is 3.19. The number of thiophene rings is 1. The Kier molecular flexibility index (Phi) is 4.31. The van der Waals surface area contributed by atoms with Gasteiger partial charge in [-0.3, -0.25) is 4.98 Å². The zero-order valence-corrected chi connectivity index (χ0v) is 12.1. The third-order valence-corrected chi connectivity index (χ3v) is 5.50. The lowest BCUT2D eigenvalue weighted by Gasteiger charge is -2.08. The Morgan fingerprint density at radius 3 is 2.84 bits per heavy atom. The molecule has 0 amide bonds. The number of nitrogens with zero attached hydrogens (tertiary/aromatic N) is 1. The van der Waals surface area contributed by atoms with E-state index in [9.17, 15) is 8.42 Å². The van der Waals surface area contributed by atoms with E-state index in [0.29, 0.717) is 15.5 Å². The van der Waals surface area contributed by atoms with Crippen LogP contribution in [0.3, 0.4) is 0 Å². The van der Waals surface area contributed by atoms with Crippen molar-refractivity contribution in [2.24, 2.45) is 5.73 Å². The van der Waals surface area contributed by atoms with Crippen LogP contribution in [0.2, 0.25) is 0 Å². The van der Waals surface area contributed by atoms with Crippen LogP contribution < -0.4 is 10.5 Å². The second-order valence-electron chi connectivity index (χ2n) is 4.02. The molecular formula is C12H15N3O2S2. The molecule has 3 N–H and O–H groups in total. The molecule has 0 atom stereocenters. The highest BCUT2D eigenvalue weighted by atomic mass is 32.2. The smallest absolute Gasteiger partial charge is 0.242 e. The Labute approximate surface area is 116 Å². The maximum Gasteiger partial charge on any atom is 0.242 e. The van der Waals surface area contributed by atoms with E-state index in [0.717, 1.165) is 5.56 Å². The van der Waals surface area contributed by atoms with Crippen molar-refractivity contribution in [3.8, 4) is 0 Å². The summed E-state index contributed by atoms with van der Waals surface area (Å²) < 4.78 is 27.1. The van der Waals surface area contributed by atoms with E-state index in [2.05, 4.69) is 9.71 Å². The van der Waals surface area contributed by atoms with Crippen LogP contribution >= 0.6 is 11.3 Å². The Bertz CT molecular complexity index is 651. The quantitative estimate of drug-likeness (QED) is 0.873. The summed E-state index contributed by atoms with van der Waals surface area (Å²) in [6.07, 6.45) is 1.63. The summed E-state index contributed by atoms with van der Waals surface area (Å²) in [5.41, 5.74) is 6.97. The van der Waals surface area contributed by atoms with Crippen LogP contribution in [0.15, 0.2) is 34.7 Å². The average molecular weight is 297 g/mol. The first-order valence-corrected chi connectivity index (χ1v) is 8.07. The molecule has 5 nitrogen and oxygen atoms in total. The summed E-state index contributed by atoms with van der Waals surface area (Å²) in [7, 11) is -3.55. The molecule has 0 unspecified atom stereocenters. The van der Waals surface area contributed by atoms with Gasteiger partial charge in [-0.15, -0.1) is 11.3 Å². The highest BCUT2D eigenvalue weighted by Gasteiger charge is 2.22. The number of aryl methyl sites for hydroxylation is 1. The van der Waals surface area contributed by atoms with Crippen LogP contribution in [0.25, 0.3) is 0 Å². The summed E-state index contributed by atoms with van der Waals surface area (Å²) in [6, 6.07) is 5.37. The highest BCUT2D eigenvalue weighted by Crippen LogP contribution is 2.26. The minimum atomic E-state index is -3.55. The van der Waals surface area contributed by atoms with Gasteiger partial charge in [0.15, 0.2) is 0 Å². The molecule has 0 aliphatic rings. The fourth-order valence-corrected chi connectivity index (χ4v) is 4.43. The minimum Gasteiger partial charge on any atom is -0.326 e. The summed E-state index contributed by atoms with van der Waals surface area (Å²) in [6.45, 7) is 2.16. The van der Waals surface area contributed by atoms with Gasteiger partial charge in [-0.25, -0.2) is 13.1 Å². The SMILES string of the molecule is Cc1csc(CN)c1S(=O)(=O)NCc1ccccn1. The van der Waals surface area contributed by atoms with Crippen LogP contribution in [-0.2, 0) is 23.1 Å². The van der Waals surface area contributed by atoms with Gasteiger partial charge in [0.2, 0.25) is 10.0 Å². The largest absolute Gasteiger partial charge is 0.326 e. The second kappa shape index (κ2) is 5.79. The van der Waals surface area contributed by atoms with Crippen molar-refractivity contribution in [3.63, 3.8) is 0 Å². The fraction of sp³-hybridized carbons (Fsp3) is 0.250. The zero-order valence-electron chi connectivity index (χ0n) is 10.5. The number of aromatic nitrogens is 1. The Morgan fingerprint density at radius 1 is 1.42 bits per heavy atom. The maximum absolute atomic E-state index is 12.3. The zero-order chi connectivity index (χ0) is 13.9. The van der Waals surface area contributed by atoms with Crippen molar-refractivity contribution in [3.05, 3.63) is 45.9 Å². The number of sulfonamides is 1. The molecule has 0 bridgehead atoms. The standard InChI is InChI=1S/C12H15N3O2S2/c1-9-8-18-11(6-13)12(9)19(16,17)15-7-10-4-2-3-5-14-10/h2-5,8,15H,6-7,13H2,1H3. The highest BCUT2D eigenvalue weighted by molar-refractivity contribution is 7.89. The Hall–Kier alpha value is -1.28. The normalized spacial score (nSPS) is 11.7. The van der Waals surface area contributed by atoms with Crippen LogP contribution in [-0.4, -0.2) is 13.4 Å². The van der Waals surface area contributed by atoms with Crippen molar-refractivity contribution in [1.82, 2.24) is 9.71 Å². The third-order valence-electron chi connectivity index (χ3n) is 2.61. The number of nitrogens with one attached hydrogen (secondary N) is 1. The summed E-state index contributed by atoms with van der Waals surface area (Å²) in [5, 5.41) is 1.80. The summed E-state index contributed by atoms with van der Waals surface area (Å²) >= 11 is 1.36. The van der Waals surface area contributed by atoms with Gasteiger partial charge >= 0.3 is 0 Å². The van der Waals surface area contributed by atoms with E-state index >= 15 is 0 Å². The number of rotatable bonds is 5. The molecule has 0 aliphatic heterocycles. The Morgan fingerprint density at radius 2 is 2.21 bits per heavy atom. The summed E-state index contributed by atoms with van der Waals surface area (Å²) in [4.78, 5) is 5.05.